The van der Waals surface area contributed by atoms with Crippen LogP contribution in [0.25, 0.3) is 0 Å². The van der Waals surface area contributed by atoms with Crippen molar-refractivity contribution in [1.82, 2.24) is 10.2 Å². The predicted octanol–water partition coefficient (Wildman–Crippen LogP) is 8.21. The van der Waals surface area contributed by atoms with Gasteiger partial charge in [0, 0.05) is 35.1 Å². The van der Waals surface area contributed by atoms with Gasteiger partial charge in [-0.25, -0.2) is 0 Å². The molecule has 1 heterocycles. The van der Waals surface area contributed by atoms with E-state index >= 15 is 0 Å². The molecule has 1 aliphatic rings. The summed E-state index contributed by atoms with van der Waals surface area (Å²) in [5.74, 6) is 1.06. The van der Waals surface area contributed by atoms with E-state index in [0.717, 1.165) is 28.9 Å². The standard InChI is InChI=1S/C33H38Cl2N2O2/c1-5-18-33(3)20-30(25-8-7-9-27(35)19-25)31(24-12-14-26(34)15-13-24)37(32(33)38)28(6-2)22-36-21-23-10-16-29(39-4)17-11-23/h5,7-17,19,28,30-31,36H,1,6,18,20-22H2,2-4H3/t28?,30-,31-,33-/m1/s1. The smallest absolute Gasteiger partial charge is 0.229 e. The fourth-order valence-corrected chi connectivity index (χ4v) is 6.18. The molecule has 1 amide bonds. The van der Waals surface area contributed by atoms with Crippen molar-refractivity contribution in [3.8, 4) is 5.75 Å². The molecule has 0 radical (unpaired) electrons. The van der Waals surface area contributed by atoms with Gasteiger partial charge in [0.05, 0.1) is 18.6 Å². The first-order chi connectivity index (χ1) is 18.8. The zero-order valence-electron chi connectivity index (χ0n) is 23.0. The van der Waals surface area contributed by atoms with Crippen molar-refractivity contribution < 1.29 is 9.53 Å². The number of carbonyl (C=O) groups excluding carboxylic acids is 1. The largest absolute Gasteiger partial charge is 0.497 e. The van der Waals surface area contributed by atoms with Gasteiger partial charge in [-0.05, 0) is 72.4 Å². The lowest BCUT2D eigenvalue weighted by atomic mass is 9.67. The van der Waals surface area contributed by atoms with Crippen LogP contribution in [-0.2, 0) is 11.3 Å². The Morgan fingerprint density at radius 1 is 1.08 bits per heavy atom. The van der Waals surface area contributed by atoms with Crippen molar-refractivity contribution in [2.75, 3.05) is 13.7 Å². The molecule has 6 heteroatoms. The summed E-state index contributed by atoms with van der Waals surface area (Å²) in [4.78, 5) is 16.6. The topological polar surface area (TPSA) is 41.6 Å². The van der Waals surface area contributed by atoms with Crippen molar-refractivity contribution >= 4 is 29.1 Å². The number of nitrogens with zero attached hydrogens (tertiary/aromatic N) is 1. The first kappa shape index (κ1) is 29.2. The Labute approximate surface area is 243 Å². The summed E-state index contributed by atoms with van der Waals surface area (Å²) in [5, 5.41) is 4.99. The minimum Gasteiger partial charge on any atom is -0.497 e. The number of amides is 1. The van der Waals surface area contributed by atoms with Crippen LogP contribution in [0.4, 0.5) is 0 Å². The summed E-state index contributed by atoms with van der Waals surface area (Å²) in [6.45, 7) is 9.60. The molecule has 39 heavy (non-hydrogen) atoms. The molecule has 4 atom stereocenters. The highest BCUT2D eigenvalue weighted by atomic mass is 35.5. The molecule has 0 aliphatic carbocycles. The molecule has 1 aliphatic heterocycles. The number of piperidine rings is 1. The van der Waals surface area contributed by atoms with Crippen LogP contribution in [0, 0.1) is 5.41 Å². The van der Waals surface area contributed by atoms with Gasteiger partial charge >= 0.3 is 0 Å². The average molecular weight is 566 g/mol. The van der Waals surface area contributed by atoms with Crippen LogP contribution in [0.3, 0.4) is 0 Å². The van der Waals surface area contributed by atoms with Crippen LogP contribution in [0.2, 0.25) is 10.0 Å². The highest BCUT2D eigenvalue weighted by Crippen LogP contribution is 2.52. The van der Waals surface area contributed by atoms with Crippen LogP contribution in [0.5, 0.6) is 5.75 Å². The number of ether oxygens (including phenoxy) is 1. The molecule has 1 unspecified atom stereocenters. The van der Waals surface area contributed by atoms with E-state index in [4.69, 9.17) is 27.9 Å². The number of rotatable bonds is 11. The molecule has 3 aromatic carbocycles. The number of benzene rings is 3. The maximum Gasteiger partial charge on any atom is 0.229 e. The number of carbonyl (C=O) groups is 1. The molecule has 0 aromatic heterocycles. The summed E-state index contributed by atoms with van der Waals surface area (Å²) in [6.07, 6.45) is 4.01. The molecule has 4 rings (SSSR count). The Morgan fingerprint density at radius 2 is 1.79 bits per heavy atom. The number of nitrogens with one attached hydrogen (secondary N) is 1. The highest BCUT2D eigenvalue weighted by molar-refractivity contribution is 6.30. The molecular weight excluding hydrogens is 527 g/mol. The van der Waals surface area contributed by atoms with E-state index in [9.17, 15) is 4.79 Å². The van der Waals surface area contributed by atoms with E-state index in [1.165, 1.54) is 0 Å². The third-order valence-electron chi connectivity index (χ3n) is 7.92. The normalized spacial score (nSPS) is 22.0. The Balaban J connectivity index is 1.72. The van der Waals surface area contributed by atoms with Crippen LogP contribution in [0.15, 0.2) is 85.5 Å². The molecule has 0 spiro atoms. The van der Waals surface area contributed by atoms with Crippen LogP contribution in [0.1, 0.15) is 61.8 Å². The van der Waals surface area contributed by atoms with Gasteiger partial charge in [0.25, 0.3) is 0 Å². The minimum atomic E-state index is -0.568. The van der Waals surface area contributed by atoms with E-state index in [2.05, 4.69) is 61.0 Å². The number of hydrogen-bond acceptors (Lipinski definition) is 3. The van der Waals surface area contributed by atoms with Crippen LogP contribution < -0.4 is 10.1 Å². The van der Waals surface area contributed by atoms with E-state index < -0.39 is 5.41 Å². The third-order valence-corrected chi connectivity index (χ3v) is 8.41. The lowest BCUT2D eigenvalue weighted by molar-refractivity contribution is -0.154. The van der Waals surface area contributed by atoms with Gasteiger partial charge in [0.1, 0.15) is 5.75 Å². The Bertz CT molecular complexity index is 1260. The summed E-state index contributed by atoms with van der Waals surface area (Å²) >= 11 is 12.8. The molecule has 1 N–H and O–H groups in total. The second-order valence-electron chi connectivity index (χ2n) is 10.7. The quantitative estimate of drug-likeness (QED) is 0.238. The van der Waals surface area contributed by atoms with Gasteiger partial charge in [0.15, 0.2) is 0 Å². The summed E-state index contributed by atoms with van der Waals surface area (Å²) in [6, 6.07) is 23.9. The van der Waals surface area contributed by atoms with Gasteiger partial charge in [-0.15, -0.1) is 6.58 Å². The lowest BCUT2D eigenvalue weighted by Gasteiger charge is -2.52. The van der Waals surface area contributed by atoms with Gasteiger partial charge in [0.2, 0.25) is 5.91 Å². The fourth-order valence-electron chi connectivity index (χ4n) is 5.85. The summed E-state index contributed by atoms with van der Waals surface area (Å²) in [7, 11) is 1.67. The number of methoxy groups -OCH3 is 1. The molecule has 1 saturated heterocycles. The molecule has 0 saturated carbocycles. The molecular formula is C33H38Cl2N2O2. The van der Waals surface area contributed by atoms with Gasteiger partial charge in [-0.3, -0.25) is 4.79 Å². The number of hydrogen-bond donors (Lipinski definition) is 1. The zero-order chi connectivity index (χ0) is 28.0. The van der Waals surface area contributed by atoms with Crippen molar-refractivity contribution in [1.29, 1.82) is 0 Å². The minimum absolute atomic E-state index is 0.0115. The Kier molecular flexibility index (Phi) is 9.76. The van der Waals surface area contributed by atoms with Crippen LogP contribution >= 0.6 is 23.2 Å². The highest BCUT2D eigenvalue weighted by Gasteiger charge is 2.50. The SMILES string of the molecule is C=CC[C@]1(C)C[C@H](c2cccc(Cl)c2)[C@@H](c2ccc(Cl)cc2)N(C(CC)CNCc2ccc(OC)cc2)C1=O. The molecule has 1 fully saturated rings. The van der Waals surface area contributed by atoms with Crippen LogP contribution in [-0.4, -0.2) is 30.5 Å². The van der Waals surface area contributed by atoms with Gasteiger partial charge in [-0.2, -0.15) is 0 Å². The van der Waals surface area contributed by atoms with Gasteiger partial charge in [-0.1, -0.05) is 79.5 Å². The maximum atomic E-state index is 14.4. The van der Waals surface area contributed by atoms with Gasteiger partial charge < -0.3 is 15.0 Å². The third kappa shape index (κ3) is 6.69. The maximum absolute atomic E-state index is 14.4. The van der Waals surface area contributed by atoms with E-state index in [1.807, 2.05) is 48.5 Å². The van der Waals surface area contributed by atoms with Crippen molar-refractivity contribution in [2.45, 2.75) is 57.7 Å². The summed E-state index contributed by atoms with van der Waals surface area (Å²) < 4.78 is 5.29. The predicted molar refractivity (Wildman–Crippen MR) is 162 cm³/mol. The van der Waals surface area contributed by atoms with Crippen molar-refractivity contribution in [3.63, 3.8) is 0 Å². The molecule has 4 nitrogen and oxygen atoms in total. The first-order valence-corrected chi connectivity index (χ1v) is 14.3. The fraction of sp³-hybridized carbons (Fsp3) is 0.364. The zero-order valence-corrected chi connectivity index (χ0v) is 24.5. The van der Waals surface area contributed by atoms with E-state index in [-0.39, 0.29) is 23.9 Å². The second-order valence-corrected chi connectivity index (χ2v) is 11.5. The summed E-state index contributed by atoms with van der Waals surface area (Å²) in [5.41, 5.74) is 2.81. The van der Waals surface area contributed by atoms with E-state index in [0.29, 0.717) is 36.0 Å². The molecule has 3 aromatic rings. The number of allylic oxidation sites excluding steroid dienone is 1. The van der Waals surface area contributed by atoms with Crippen molar-refractivity contribution in [3.05, 3.63) is 112 Å². The number of likely N-dealkylation sites (tertiary alicyclic amines) is 1. The monoisotopic (exact) mass is 564 g/mol. The first-order valence-electron chi connectivity index (χ1n) is 13.6. The second kappa shape index (κ2) is 13.0. The average Bonchev–Trinajstić information content (AvgIpc) is 2.94. The Morgan fingerprint density at radius 3 is 2.41 bits per heavy atom. The molecule has 206 valence electrons. The molecule has 0 bridgehead atoms. The van der Waals surface area contributed by atoms with E-state index in [1.54, 1.807) is 7.11 Å². The number of halogens is 2. The lowest BCUT2D eigenvalue weighted by Crippen LogP contribution is -2.57. The van der Waals surface area contributed by atoms with Crippen molar-refractivity contribution in [2.24, 2.45) is 5.41 Å². The Hall–Kier alpha value is -2.79.